The van der Waals surface area contributed by atoms with Crippen molar-refractivity contribution < 1.29 is 8.81 Å². The first-order valence-corrected chi connectivity index (χ1v) is 5.98. The largest absolute Gasteiger partial charge is 0.421 e. The van der Waals surface area contributed by atoms with Gasteiger partial charge in [0.15, 0.2) is 0 Å². The van der Waals surface area contributed by atoms with Crippen LogP contribution in [-0.2, 0) is 6.42 Å². The fourth-order valence-electron chi connectivity index (χ4n) is 1.41. The van der Waals surface area contributed by atoms with E-state index in [9.17, 15) is 4.39 Å². The van der Waals surface area contributed by atoms with Gasteiger partial charge in [-0.25, -0.2) is 4.39 Å². The van der Waals surface area contributed by atoms with Gasteiger partial charge in [0.2, 0.25) is 5.89 Å². The van der Waals surface area contributed by atoms with Gasteiger partial charge in [-0.1, -0.05) is 6.07 Å². The van der Waals surface area contributed by atoms with E-state index in [2.05, 4.69) is 26.1 Å². The standard InChI is InChI=1S/C11H11BrFN3O/c12-7-3-1-4-8(13)10(7)11-16-15-9(17-11)5-2-6-14/h1,3-4H,2,5-6,14H2. The normalized spacial score (nSPS) is 10.8. The summed E-state index contributed by atoms with van der Waals surface area (Å²) in [5.41, 5.74) is 5.68. The lowest BCUT2D eigenvalue weighted by Gasteiger charge is -1.99. The number of rotatable bonds is 4. The fourth-order valence-corrected chi connectivity index (χ4v) is 1.92. The van der Waals surface area contributed by atoms with Gasteiger partial charge in [-0.3, -0.25) is 0 Å². The maximum Gasteiger partial charge on any atom is 0.251 e. The molecular formula is C11H11BrFN3O. The number of hydrogen-bond donors (Lipinski definition) is 1. The summed E-state index contributed by atoms with van der Waals surface area (Å²) in [6.45, 7) is 0.557. The second kappa shape index (κ2) is 5.37. The van der Waals surface area contributed by atoms with Crippen molar-refractivity contribution in [3.63, 3.8) is 0 Å². The number of aryl methyl sites for hydroxylation is 1. The smallest absolute Gasteiger partial charge is 0.251 e. The summed E-state index contributed by atoms with van der Waals surface area (Å²) < 4.78 is 19.6. The minimum absolute atomic E-state index is 0.182. The van der Waals surface area contributed by atoms with Gasteiger partial charge in [-0.05, 0) is 41.0 Å². The summed E-state index contributed by atoms with van der Waals surface area (Å²) >= 11 is 3.26. The predicted octanol–water partition coefficient (Wildman–Crippen LogP) is 2.53. The predicted molar refractivity (Wildman–Crippen MR) is 64.8 cm³/mol. The van der Waals surface area contributed by atoms with Crippen molar-refractivity contribution in [1.29, 1.82) is 0 Å². The molecule has 4 nitrogen and oxygen atoms in total. The molecule has 0 unspecified atom stereocenters. The molecule has 0 radical (unpaired) electrons. The third kappa shape index (κ3) is 2.70. The lowest BCUT2D eigenvalue weighted by molar-refractivity contribution is 0.495. The van der Waals surface area contributed by atoms with Crippen LogP contribution in [0.15, 0.2) is 27.1 Å². The molecule has 6 heteroatoms. The van der Waals surface area contributed by atoms with Crippen molar-refractivity contribution >= 4 is 15.9 Å². The molecule has 1 aromatic heterocycles. The van der Waals surface area contributed by atoms with Gasteiger partial charge in [0.25, 0.3) is 5.89 Å². The van der Waals surface area contributed by atoms with Gasteiger partial charge in [-0.2, -0.15) is 0 Å². The van der Waals surface area contributed by atoms with Gasteiger partial charge < -0.3 is 10.2 Å². The van der Waals surface area contributed by atoms with Crippen LogP contribution in [0.5, 0.6) is 0 Å². The van der Waals surface area contributed by atoms with E-state index in [1.165, 1.54) is 6.07 Å². The summed E-state index contributed by atoms with van der Waals surface area (Å²) in [6.07, 6.45) is 1.37. The number of nitrogens with zero attached hydrogens (tertiary/aromatic N) is 2. The molecule has 0 bridgehead atoms. The van der Waals surface area contributed by atoms with Gasteiger partial charge in [0.05, 0.1) is 5.56 Å². The van der Waals surface area contributed by atoms with Crippen LogP contribution in [0.1, 0.15) is 12.3 Å². The summed E-state index contributed by atoms with van der Waals surface area (Å²) in [4.78, 5) is 0. The second-order valence-electron chi connectivity index (χ2n) is 3.49. The highest BCUT2D eigenvalue weighted by Crippen LogP contribution is 2.29. The number of benzene rings is 1. The molecule has 0 amide bonds. The van der Waals surface area contributed by atoms with Gasteiger partial charge >= 0.3 is 0 Å². The first-order chi connectivity index (χ1) is 8.22. The van der Waals surface area contributed by atoms with E-state index in [1.807, 2.05) is 0 Å². The maximum atomic E-state index is 13.6. The zero-order valence-corrected chi connectivity index (χ0v) is 10.6. The topological polar surface area (TPSA) is 64.9 Å². The van der Waals surface area contributed by atoms with Gasteiger partial charge in [-0.15, -0.1) is 10.2 Å². The Kier molecular flexibility index (Phi) is 3.86. The van der Waals surface area contributed by atoms with Crippen LogP contribution >= 0.6 is 15.9 Å². The lowest BCUT2D eigenvalue weighted by atomic mass is 10.2. The Morgan fingerprint density at radius 2 is 2.18 bits per heavy atom. The van der Waals surface area contributed by atoms with Crippen LogP contribution in [0.25, 0.3) is 11.5 Å². The fraction of sp³-hybridized carbons (Fsp3) is 0.273. The molecule has 2 rings (SSSR count). The number of halogens is 2. The Balaban J connectivity index is 2.30. The molecule has 1 aromatic carbocycles. The van der Waals surface area contributed by atoms with E-state index in [0.717, 1.165) is 6.42 Å². The molecule has 0 aliphatic rings. The lowest BCUT2D eigenvalue weighted by Crippen LogP contribution is -2.00. The van der Waals surface area contributed by atoms with Crippen molar-refractivity contribution in [1.82, 2.24) is 10.2 Å². The molecule has 0 saturated carbocycles. The highest BCUT2D eigenvalue weighted by atomic mass is 79.9. The molecule has 0 spiro atoms. The van der Waals surface area contributed by atoms with Gasteiger partial charge in [0, 0.05) is 10.9 Å². The minimum Gasteiger partial charge on any atom is -0.421 e. The van der Waals surface area contributed by atoms with Crippen LogP contribution in [0, 0.1) is 5.82 Å². The number of nitrogens with two attached hydrogens (primary N) is 1. The first-order valence-electron chi connectivity index (χ1n) is 5.19. The number of aromatic nitrogens is 2. The maximum absolute atomic E-state index is 13.6. The molecule has 17 heavy (non-hydrogen) atoms. The van der Waals surface area contributed by atoms with Crippen molar-refractivity contribution in [2.75, 3.05) is 6.54 Å². The average molecular weight is 300 g/mol. The van der Waals surface area contributed by atoms with E-state index in [1.54, 1.807) is 12.1 Å². The molecule has 90 valence electrons. The van der Waals surface area contributed by atoms with Crippen molar-refractivity contribution in [3.05, 3.63) is 34.4 Å². The van der Waals surface area contributed by atoms with Crippen molar-refractivity contribution in [2.24, 2.45) is 5.73 Å². The highest BCUT2D eigenvalue weighted by molar-refractivity contribution is 9.10. The molecule has 0 saturated heterocycles. The molecular weight excluding hydrogens is 289 g/mol. The van der Waals surface area contributed by atoms with Crippen LogP contribution in [0.3, 0.4) is 0 Å². The summed E-state index contributed by atoms with van der Waals surface area (Å²) in [6, 6.07) is 4.68. The van der Waals surface area contributed by atoms with E-state index < -0.39 is 5.82 Å². The van der Waals surface area contributed by atoms with E-state index in [4.69, 9.17) is 10.2 Å². The molecule has 2 N–H and O–H groups in total. The van der Waals surface area contributed by atoms with Crippen LogP contribution < -0.4 is 5.73 Å². The Labute approximate surface area is 106 Å². The average Bonchev–Trinajstić information content (AvgIpc) is 2.75. The number of hydrogen-bond acceptors (Lipinski definition) is 4. The van der Waals surface area contributed by atoms with Crippen LogP contribution in [0.2, 0.25) is 0 Å². The SMILES string of the molecule is NCCCc1nnc(-c2c(F)cccc2Br)o1. The van der Waals surface area contributed by atoms with Crippen molar-refractivity contribution in [3.8, 4) is 11.5 Å². The molecule has 0 atom stereocenters. The van der Waals surface area contributed by atoms with E-state index in [0.29, 0.717) is 28.9 Å². The monoisotopic (exact) mass is 299 g/mol. The molecule has 0 aliphatic heterocycles. The zero-order chi connectivity index (χ0) is 12.3. The summed E-state index contributed by atoms with van der Waals surface area (Å²) in [7, 11) is 0. The second-order valence-corrected chi connectivity index (χ2v) is 4.34. The Morgan fingerprint density at radius 1 is 1.35 bits per heavy atom. The van der Waals surface area contributed by atoms with Crippen molar-refractivity contribution in [2.45, 2.75) is 12.8 Å². The van der Waals surface area contributed by atoms with Crippen LogP contribution in [-0.4, -0.2) is 16.7 Å². The summed E-state index contributed by atoms with van der Waals surface area (Å²) in [5.74, 6) is 0.260. The minimum atomic E-state index is -0.395. The van der Waals surface area contributed by atoms with E-state index >= 15 is 0 Å². The quantitative estimate of drug-likeness (QED) is 0.942. The molecule has 1 heterocycles. The molecule has 2 aromatic rings. The van der Waals surface area contributed by atoms with Gasteiger partial charge in [0.1, 0.15) is 5.82 Å². The Morgan fingerprint density at radius 3 is 2.88 bits per heavy atom. The summed E-state index contributed by atoms with van der Waals surface area (Å²) in [5, 5.41) is 7.69. The van der Waals surface area contributed by atoms with Crippen LogP contribution in [0.4, 0.5) is 4.39 Å². The third-order valence-electron chi connectivity index (χ3n) is 2.24. The third-order valence-corrected chi connectivity index (χ3v) is 2.90. The zero-order valence-electron chi connectivity index (χ0n) is 8.99. The first kappa shape index (κ1) is 12.2. The molecule has 0 aliphatic carbocycles. The Bertz CT molecular complexity index is 495. The van der Waals surface area contributed by atoms with E-state index in [-0.39, 0.29) is 5.89 Å². The molecule has 0 fully saturated rings. The Hall–Kier alpha value is -1.27. The highest BCUT2D eigenvalue weighted by Gasteiger charge is 2.15.